The Morgan fingerprint density at radius 1 is 1.07 bits per heavy atom. The summed E-state index contributed by atoms with van der Waals surface area (Å²) >= 11 is 0.984. The first kappa shape index (κ1) is 29.7. The molecule has 0 bridgehead atoms. The highest BCUT2D eigenvalue weighted by Crippen LogP contribution is 2.28. The molecule has 0 saturated heterocycles. The van der Waals surface area contributed by atoms with Crippen molar-refractivity contribution >= 4 is 46.6 Å². The number of aromatic amines is 1. The summed E-state index contributed by atoms with van der Waals surface area (Å²) < 4.78 is 5.42. The van der Waals surface area contributed by atoms with Gasteiger partial charge in [-0.05, 0) is 42.0 Å². The second-order valence-electron chi connectivity index (χ2n) is 9.35. The maximum Gasteiger partial charge on any atom is 0.338 e. The predicted molar refractivity (Wildman–Crippen MR) is 159 cm³/mol. The molecule has 2 unspecified atom stereocenters. The van der Waals surface area contributed by atoms with Gasteiger partial charge in [0.05, 0.1) is 22.9 Å². The number of aliphatic hydroxyl groups excluding tert-OH is 1. The van der Waals surface area contributed by atoms with Gasteiger partial charge in [-0.2, -0.15) is 0 Å². The number of benzene rings is 3. The Morgan fingerprint density at radius 2 is 1.76 bits per heavy atom. The number of ether oxygens (including phenoxy) is 1. The topological polar surface area (TPSA) is 155 Å². The lowest BCUT2D eigenvalue weighted by molar-refractivity contribution is -0.142. The Bertz CT molecular complexity index is 1530. The number of nitrogens with one attached hydrogen (secondary N) is 1. The molecule has 41 heavy (non-hydrogen) atoms. The molecule has 212 valence electrons. The number of aliphatic carboxylic acids is 1. The molecule has 0 saturated carbocycles. The summed E-state index contributed by atoms with van der Waals surface area (Å²) in [4.78, 5) is 41.3. The Balaban J connectivity index is 0.000000275. The van der Waals surface area contributed by atoms with Crippen LogP contribution in [0, 0.1) is 5.92 Å². The standard InChI is InChI=1S/C25H20N2O2.C6H11NO4S/c28-25(29-16-17-6-2-1-3-7-17)19-12-10-18(11-13-19)23-24-21(14-15-26-23)20-8-4-5-9-22(20)27-24;1-12-6(11)3(2-8)4(7)5(9)10/h1-13,27H,14-16H2;2-4,6,11H,7H2,1H3,(H,9,10)/t;3?,4-,6?/m.0/s1. The van der Waals surface area contributed by atoms with E-state index in [0.29, 0.717) is 11.8 Å². The Kier molecular flexibility index (Phi) is 10.1. The number of nitrogens with zero attached hydrogens (tertiary/aromatic N) is 1. The lowest BCUT2D eigenvalue weighted by Crippen LogP contribution is -2.43. The molecule has 0 amide bonds. The van der Waals surface area contributed by atoms with E-state index in [1.807, 2.05) is 60.7 Å². The van der Waals surface area contributed by atoms with Gasteiger partial charge in [-0.25, -0.2) is 4.79 Å². The van der Waals surface area contributed by atoms with E-state index in [-0.39, 0.29) is 12.6 Å². The van der Waals surface area contributed by atoms with Gasteiger partial charge in [0.25, 0.3) is 0 Å². The maximum absolute atomic E-state index is 12.4. The molecular formula is C31H31N3O6S. The van der Waals surface area contributed by atoms with Crippen molar-refractivity contribution in [1.29, 1.82) is 0 Å². The lowest BCUT2D eigenvalue weighted by Gasteiger charge is -2.18. The van der Waals surface area contributed by atoms with Crippen molar-refractivity contribution in [3.05, 3.63) is 107 Å². The number of aldehydes is 1. The SMILES string of the molecule is CSC(O)C(C=O)[C@H](N)C(=O)O.O=C(OCc1ccccc1)c1ccc(C2=NCCc3c2[nH]c2ccccc32)cc1. The van der Waals surface area contributed by atoms with Gasteiger partial charge in [-0.15, -0.1) is 11.8 Å². The van der Waals surface area contributed by atoms with Crippen LogP contribution in [0.1, 0.15) is 32.7 Å². The number of aliphatic imine (C=N–C) groups is 1. The molecule has 10 heteroatoms. The van der Waals surface area contributed by atoms with Gasteiger partial charge in [0, 0.05) is 23.0 Å². The molecular weight excluding hydrogens is 542 g/mol. The summed E-state index contributed by atoms with van der Waals surface area (Å²) in [6, 6.07) is 24.2. The second-order valence-corrected chi connectivity index (χ2v) is 10.3. The van der Waals surface area contributed by atoms with E-state index in [9.17, 15) is 14.4 Å². The largest absolute Gasteiger partial charge is 0.480 e. The quantitative estimate of drug-likeness (QED) is 0.134. The number of carbonyl (C=O) groups excluding carboxylic acids is 2. The summed E-state index contributed by atoms with van der Waals surface area (Å²) in [5.41, 5.74) is 11.1. The average molecular weight is 574 g/mol. The minimum absolute atomic E-state index is 0.270. The number of aromatic nitrogens is 1. The van der Waals surface area contributed by atoms with E-state index >= 15 is 0 Å². The Morgan fingerprint density at radius 3 is 2.41 bits per heavy atom. The number of esters is 1. The molecule has 5 rings (SSSR count). The van der Waals surface area contributed by atoms with Crippen molar-refractivity contribution in [2.24, 2.45) is 16.6 Å². The van der Waals surface area contributed by atoms with Crippen LogP contribution in [-0.4, -0.2) is 63.4 Å². The van der Waals surface area contributed by atoms with Crippen LogP contribution in [0.15, 0.2) is 83.9 Å². The zero-order valence-corrected chi connectivity index (χ0v) is 23.2. The number of carboxylic acid groups (broad SMARTS) is 1. The van der Waals surface area contributed by atoms with Crippen LogP contribution in [-0.2, 0) is 27.4 Å². The van der Waals surface area contributed by atoms with Crippen LogP contribution in [0.25, 0.3) is 10.9 Å². The molecule has 0 fully saturated rings. The van der Waals surface area contributed by atoms with E-state index in [1.165, 1.54) is 10.9 Å². The maximum atomic E-state index is 12.4. The molecule has 4 aromatic rings. The number of carboxylic acids is 1. The van der Waals surface area contributed by atoms with Gasteiger partial charge in [0.1, 0.15) is 24.4 Å². The van der Waals surface area contributed by atoms with E-state index in [4.69, 9.17) is 25.7 Å². The number of para-hydroxylation sites is 1. The monoisotopic (exact) mass is 573 g/mol. The number of carbonyl (C=O) groups is 3. The molecule has 1 aliphatic heterocycles. The fourth-order valence-corrected chi connectivity index (χ4v) is 5.03. The number of rotatable bonds is 9. The highest BCUT2D eigenvalue weighted by Gasteiger charge is 2.29. The molecule has 0 spiro atoms. The summed E-state index contributed by atoms with van der Waals surface area (Å²) in [6.07, 6.45) is 2.86. The fourth-order valence-electron chi connectivity index (χ4n) is 4.48. The van der Waals surface area contributed by atoms with Crippen molar-refractivity contribution in [3.8, 4) is 0 Å². The van der Waals surface area contributed by atoms with Gasteiger partial charge >= 0.3 is 11.9 Å². The third-order valence-electron chi connectivity index (χ3n) is 6.72. The molecule has 1 aliphatic rings. The first-order valence-corrected chi connectivity index (χ1v) is 14.2. The molecule has 3 aromatic carbocycles. The number of H-pyrrole nitrogens is 1. The molecule has 1 aromatic heterocycles. The number of fused-ring (bicyclic) bond motifs is 3. The fraction of sp³-hybridized carbons (Fsp3) is 0.226. The van der Waals surface area contributed by atoms with Crippen molar-refractivity contribution in [3.63, 3.8) is 0 Å². The van der Waals surface area contributed by atoms with Gasteiger partial charge < -0.3 is 30.5 Å². The third kappa shape index (κ3) is 7.10. The van der Waals surface area contributed by atoms with Gasteiger partial charge in [-0.3, -0.25) is 9.79 Å². The smallest absolute Gasteiger partial charge is 0.338 e. The van der Waals surface area contributed by atoms with Crippen LogP contribution in [0.5, 0.6) is 0 Å². The number of hydrogen-bond acceptors (Lipinski definition) is 8. The van der Waals surface area contributed by atoms with Crippen LogP contribution in [0.2, 0.25) is 0 Å². The van der Waals surface area contributed by atoms with Crippen molar-refractivity contribution < 1.29 is 29.3 Å². The third-order valence-corrected chi connectivity index (χ3v) is 7.51. The highest BCUT2D eigenvalue weighted by atomic mass is 32.2. The van der Waals surface area contributed by atoms with Gasteiger partial charge in [0.2, 0.25) is 0 Å². The van der Waals surface area contributed by atoms with Crippen molar-refractivity contribution in [2.75, 3.05) is 12.8 Å². The van der Waals surface area contributed by atoms with E-state index < -0.39 is 23.4 Å². The molecule has 2 heterocycles. The number of aliphatic hydroxyl groups is 1. The number of nitrogens with two attached hydrogens (primary N) is 1. The summed E-state index contributed by atoms with van der Waals surface area (Å²) in [5.74, 6) is -2.67. The average Bonchev–Trinajstić information content (AvgIpc) is 3.40. The molecule has 5 N–H and O–H groups in total. The Hall–Kier alpha value is -4.25. The summed E-state index contributed by atoms with van der Waals surface area (Å²) in [5, 5.41) is 18.8. The first-order chi connectivity index (χ1) is 19.8. The lowest BCUT2D eigenvalue weighted by atomic mass is 9.97. The normalized spacial score (nSPS) is 14.5. The van der Waals surface area contributed by atoms with Crippen molar-refractivity contribution in [1.82, 2.24) is 4.98 Å². The first-order valence-electron chi connectivity index (χ1n) is 12.9. The zero-order chi connectivity index (χ0) is 29.4. The minimum atomic E-state index is -1.34. The highest BCUT2D eigenvalue weighted by molar-refractivity contribution is 7.99. The molecule has 0 aliphatic carbocycles. The molecule has 3 atom stereocenters. The van der Waals surface area contributed by atoms with Crippen LogP contribution < -0.4 is 5.73 Å². The predicted octanol–water partition coefficient (Wildman–Crippen LogP) is 3.81. The minimum Gasteiger partial charge on any atom is -0.480 e. The number of thioether (sulfide) groups is 1. The van der Waals surface area contributed by atoms with Gasteiger partial charge in [0.15, 0.2) is 0 Å². The summed E-state index contributed by atoms with van der Waals surface area (Å²) in [6.45, 7) is 1.04. The molecule has 0 radical (unpaired) electrons. The number of hydrogen-bond donors (Lipinski definition) is 4. The second kappa shape index (κ2) is 13.9. The van der Waals surface area contributed by atoms with Crippen LogP contribution >= 0.6 is 11.8 Å². The van der Waals surface area contributed by atoms with Gasteiger partial charge in [-0.1, -0.05) is 60.7 Å². The van der Waals surface area contributed by atoms with Crippen LogP contribution in [0.3, 0.4) is 0 Å². The van der Waals surface area contributed by atoms with Crippen molar-refractivity contribution in [2.45, 2.75) is 24.5 Å². The van der Waals surface area contributed by atoms with Crippen LogP contribution in [0.4, 0.5) is 0 Å². The molecule has 9 nitrogen and oxygen atoms in total. The zero-order valence-electron chi connectivity index (χ0n) is 22.4. The van der Waals surface area contributed by atoms with E-state index in [1.54, 1.807) is 6.26 Å². The summed E-state index contributed by atoms with van der Waals surface area (Å²) in [7, 11) is 0. The van der Waals surface area contributed by atoms with E-state index in [0.717, 1.165) is 52.8 Å². The van der Waals surface area contributed by atoms with E-state index in [2.05, 4.69) is 23.2 Å². The Labute approximate surface area is 241 Å².